The normalized spacial score (nSPS) is 12.5. The van der Waals surface area contributed by atoms with Gasteiger partial charge >= 0.3 is 0 Å². The Morgan fingerprint density at radius 1 is 1.12 bits per heavy atom. The molecule has 1 aliphatic heterocycles. The fraction of sp³-hybridized carbons (Fsp3) is 0.259. The molecule has 7 heteroatoms. The van der Waals surface area contributed by atoms with E-state index in [0.29, 0.717) is 13.0 Å². The van der Waals surface area contributed by atoms with E-state index in [4.69, 9.17) is 9.47 Å². The second kappa shape index (κ2) is 9.73. The highest BCUT2D eigenvalue weighted by Gasteiger charge is 2.29. The molecule has 0 fully saturated rings. The standard InChI is InChI=1S/C27H27N3O3S/c1-18-26(19(2)34-27(18)32-15-7-13-30-14-12-28-17-30)29-25(31)16-22-20-8-3-5-10-23(20)33-24-11-6-4-9-21(22)24/h3-6,8-12,14,17,22H,7,13,15-16H2,1-2H3,(H,29,31). The Morgan fingerprint density at radius 2 is 1.82 bits per heavy atom. The van der Waals surface area contributed by atoms with E-state index in [2.05, 4.69) is 10.3 Å². The highest BCUT2D eigenvalue weighted by molar-refractivity contribution is 7.14. The van der Waals surface area contributed by atoms with Gasteiger partial charge in [-0.1, -0.05) is 36.4 Å². The number of thiophene rings is 1. The lowest BCUT2D eigenvalue weighted by atomic mass is 9.85. The number of rotatable bonds is 8. The van der Waals surface area contributed by atoms with Gasteiger partial charge in [-0.3, -0.25) is 4.79 Å². The molecule has 174 valence electrons. The van der Waals surface area contributed by atoms with Crippen LogP contribution in [-0.2, 0) is 11.3 Å². The Bertz CT molecular complexity index is 1250. The van der Waals surface area contributed by atoms with Crippen molar-refractivity contribution in [3.63, 3.8) is 0 Å². The zero-order valence-electron chi connectivity index (χ0n) is 19.3. The van der Waals surface area contributed by atoms with Crippen LogP contribution in [0.1, 0.15) is 40.3 Å². The largest absolute Gasteiger partial charge is 0.484 e. The smallest absolute Gasteiger partial charge is 0.225 e. The average molecular weight is 474 g/mol. The quantitative estimate of drug-likeness (QED) is 0.305. The van der Waals surface area contributed by atoms with Crippen molar-refractivity contribution < 1.29 is 14.3 Å². The summed E-state index contributed by atoms with van der Waals surface area (Å²) in [5, 5.41) is 4.02. The summed E-state index contributed by atoms with van der Waals surface area (Å²) >= 11 is 1.58. The first kappa shape index (κ1) is 22.2. The first-order valence-electron chi connectivity index (χ1n) is 11.4. The minimum absolute atomic E-state index is 0.0211. The molecule has 5 rings (SSSR count). The second-order valence-electron chi connectivity index (χ2n) is 8.43. The lowest BCUT2D eigenvalue weighted by Crippen LogP contribution is -2.19. The summed E-state index contributed by atoms with van der Waals surface area (Å²) in [5.74, 6) is 1.55. The molecule has 4 aromatic rings. The molecule has 0 radical (unpaired) electrons. The number of carbonyl (C=O) groups is 1. The number of nitrogens with zero attached hydrogens (tertiary/aromatic N) is 2. The lowest BCUT2D eigenvalue weighted by Gasteiger charge is -2.27. The number of aromatic nitrogens is 2. The Labute approximate surface area is 203 Å². The van der Waals surface area contributed by atoms with E-state index >= 15 is 0 Å². The highest BCUT2D eigenvalue weighted by atomic mass is 32.1. The molecule has 0 aliphatic carbocycles. The van der Waals surface area contributed by atoms with E-state index in [-0.39, 0.29) is 11.8 Å². The van der Waals surface area contributed by atoms with Crippen LogP contribution in [0, 0.1) is 13.8 Å². The molecule has 0 saturated carbocycles. The van der Waals surface area contributed by atoms with Crippen molar-refractivity contribution in [2.45, 2.75) is 39.2 Å². The first-order valence-corrected chi connectivity index (χ1v) is 12.3. The maximum absolute atomic E-state index is 13.2. The summed E-state index contributed by atoms with van der Waals surface area (Å²) in [5.41, 5.74) is 3.91. The van der Waals surface area contributed by atoms with Gasteiger partial charge in [-0.25, -0.2) is 4.98 Å². The predicted octanol–water partition coefficient (Wildman–Crippen LogP) is 6.30. The number of carbonyl (C=O) groups excluding carboxylic acids is 1. The highest BCUT2D eigenvalue weighted by Crippen LogP contribution is 2.46. The first-order chi connectivity index (χ1) is 16.6. The van der Waals surface area contributed by atoms with Gasteiger partial charge in [-0.05, 0) is 32.4 Å². The van der Waals surface area contributed by atoms with E-state index in [1.54, 1.807) is 17.5 Å². The van der Waals surface area contributed by atoms with Crippen molar-refractivity contribution in [1.82, 2.24) is 9.55 Å². The number of anilines is 1. The number of aryl methyl sites for hydroxylation is 2. The molecule has 1 N–H and O–H groups in total. The number of fused-ring (bicyclic) bond motifs is 2. The van der Waals surface area contributed by atoms with Crippen LogP contribution in [0.4, 0.5) is 5.69 Å². The zero-order valence-corrected chi connectivity index (χ0v) is 20.1. The molecule has 0 bridgehead atoms. The van der Waals surface area contributed by atoms with Crippen LogP contribution < -0.4 is 14.8 Å². The lowest BCUT2D eigenvalue weighted by molar-refractivity contribution is -0.116. The third-order valence-corrected chi connectivity index (χ3v) is 7.21. The Hall–Kier alpha value is -3.58. The molecule has 2 aromatic carbocycles. The molecule has 0 saturated heterocycles. The van der Waals surface area contributed by atoms with Gasteiger partial charge in [0.05, 0.1) is 18.6 Å². The summed E-state index contributed by atoms with van der Waals surface area (Å²) < 4.78 is 14.1. The van der Waals surface area contributed by atoms with Crippen LogP contribution >= 0.6 is 11.3 Å². The number of benzene rings is 2. The third-order valence-electron chi connectivity index (χ3n) is 6.09. The number of hydrogen-bond acceptors (Lipinski definition) is 5. The molecule has 0 spiro atoms. The molecule has 0 atom stereocenters. The number of ether oxygens (including phenoxy) is 2. The van der Waals surface area contributed by atoms with Crippen LogP contribution in [0.25, 0.3) is 0 Å². The molecule has 0 unspecified atom stereocenters. The minimum Gasteiger partial charge on any atom is -0.484 e. The van der Waals surface area contributed by atoms with E-state index in [1.165, 1.54) is 0 Å². The number of imidazole rings is 1. The number of nitrogens with one attached hydrogen (secondary N) is 1. The van der Waals surface area contributed by atoms with Crippen molar-refractivity contribution >= 4 is 22.9 Å². The van der Waals surface area contributed by atoms with E-state index in [1.807, 2.05) is 79.5 Å². The maximum Gasteiger partial charge on any atom is 0.225 e. The van der Waals surface area contributed by atoms with Crippen LogP contribution in [0.5, 0.6) is 16.6 Å². The fourth-order valence-electron chi connectivity index (χ4n) is 4.39. The van der Waals surface area contributed by atoms with E-state index < -0.39 is 0 Å². The molecular weight excluding hydrogens is 446 g/mol. The van der Waals surface area contributed by atoms with Gasteiger partial charge < -0.3 is 19.4 Å². The molecule has 6 nitrogen and oxygen atoms in total. The van der Waals surface area contributed by atoms with Gasteiger partial charge in [0.2, 0.25) is 5.91 Å². The van der Waals surface area contributed by atoms with Gasteiger partial charge in [0.25, 0.3) is 0 Å². The van der Waals surface area contributed by atoms with Crippen LogP contribution in [0.3, 0.4) is 0 Å². The average Bonchev–Trinajstić information content (AvgIpc) is 3.45. The Kier molecular flexibility index (Phi) is 6.36. The predicted molar refractivity (Wildman–Crippen MR) is 134 cm³/mol. The van der Waals surface area contributed by atoms with Crippen LogP contribution in [0.2, 0.25) is 0 Å². The molecular formula is C27H27N3O3S. The van der Waals surface area contributed by atoms with E-state index in [0.717, 1.165) is 56.8 Å². The monoisotopic (exact) mass is 473 g/mol. The third kappa shape index (κ3) is 4.56. The summed E-state index contributed by atoms with van der Waals surface area (Å²) in [6.45, 7) is 5.50. The summed E-state index contributed by atoms with van der Waals surface area (Å²) in [7, 11) is 0. The van der Waals surface area contributed by atoms with Gasteiger partial charge in [-0.2, -0.15) is 0 Å². The van der Waals surface area contributed by atoms with Gasteiger partial charge in [0, 0.05) is 52.8 Å². The Morgan fingerprint density at radius 3 is 2.50 bits per heavy atom. The molecule has 3 heterocycles. The van der Waals surface area contributed by atoms with Crippen molar-refractivity contribution in [1.29, 1.82) is 0 Å². The van der Waals surface area contributed by atoms with Gasteiger partial charge in [0.15, 0.2) is 5.06 Å². The summed E-state index contributed by atoms with van der Waals surface area (Å²) in [6, 6.07) is 15.9. The second-order valence-corrected chi connectivity index (χ2v) is 9.62. The maximum atomic E-state index is 13.2. The number of hydrogen-bond donors (Lipinski definition) is 1. The zero-order chi connectivity index (χ0) is 23.5. The van der Waals surface area contributed by atoms with E-state index in [9.17, 15) is 4.79 Å². The van der Waals surface area contributed by atoms with Crippen LogP contribution in [-0.4, -0.2) is 22.1 Å². The molecule has 34 heavy (non-hydrogen) atoms. The topological polar surface area (TPSA) is 65.4 Å². The van der Waals surface area contributed by atoms with Crippen molar-refractivity contribution in [3.8, 4) is 16.6 Å². The Balaban J connectivity index is 1.26. The van der Waals surface area contributed by atoms with Gasteiger partial charge in [0.1, 0.15) is 11.5 Å². The minimum atomic E-state index is -0.0562. The number of amides is 1. The number of para-hydroxylation sites is 2. The SMILES string of the molecule is Cc1sc(OCCCn2ccnc2)c(C)c1NC(=O)CC1c2ccccc2Oc2ccccc21. The van der Waals surface area contributed by atoms with Crippen molar-refractivity contribution in [2.75, 3.05) is 11.9 Å². The van der Waals surface area contributed by atoms with Crippen LogP contribution in [0.15, 0.2) is 67.3 Å². The molecule has 1 amide bonds. The summed E-state index contributed by atoms with van der Waals surface area (Å²) in [6.07, 6.45) is 6.76. The van der Waals surface area contributed by atoms with Gasteiger partial charge in [-0.15, -0.1) is 11.3 Å². The molecule has 2 aromatic heterocycles. The fourth-order valence-corrected chi connectivity index (χ4v) is 5.37. The van der Waals surface area contributed by atoms with Crippen molar-refractivity contribution in [2.24, 2.45) is 0 Å². The molecule has 1 aliphatic rings. The summed E-state index contributed by atoms with van der Waals surface area (Å²) in [4.78, 5) is 18.3. The van der Waals surface area contributed by atoms with Crippen molar-refractivity contribution in [3.05, 3.63) is 88.8 Å².